The lowest BCUT2D eigenvalue weighted by Gasteiger charge is -2.26. The highest BCUT2D eigenvalue weighted by molar-refractivity contribution is 7.89. The van der Waals surface area contributed by atoms with Crippen molar-refractivity contribution in [3.63, 3.8) is 0 Å². The summed E-state index contributed by atoms with van der Waals surface area (Å²) >= 11 is 0. The number of carboxylic acid groups (broad SMARTS) is 1. The number of sulfonamides is 1. The minimum atomic E-state index is -3.92. The van der Waals surface area contributed by atoms with Gasteiger partial charge in [0.2, 0.25) is 15.9 Å². The van der Waals surface area contributed by atoms with E-state index in [9.17, 15) is 22.8 Å². The molecule has 1 atom stereocenters. The van der Waals surface area contributed by atoms with E-state index in [-0.39, 0.29) is 30.1 Å². The Balaban J connectivity index is 2.24. The monoisotopic (exact) mass is 355 g/mol. The van der Waals surface area contributed by atoms with E-state index in [0.29, 0.717) is 0 Å². The van der Waals surface area contributed by atoms with Crippen LogP contribution in [0, 0.1) is 0 Å². The average Bonchev–Trinajstić information content (AvgIpc) is 2.54. The van der Waals surface area contributed by atoms with Gasteiger partial charge in [0.15, 0.2) is 0 Å². The molecule has 1 unspecified atom stereocenters. The van der Waals surface area contributed by atoms with Gasteiger partial charge in [-0.15, -0.1) is 0 Å². The van der Waals surface area contributed by atoms with Crippen molar-refractivity contribution in [1.29, 1.82) is 0 Å². The highest BCUT2D eigenvalue weighted by Gasteiger charge is 2.29. The van der Waals surface area contributed by atoms with E-state index in [1.807, 2.05) is 0 Å². The van der Waals surface area contributed by atoms with Gasteiger partial charge in [0.25, 0.3) is 5.91 Å². The summed E-state index contributed by atoms with van der Waals surface area (Å²) in [4.78, 5) is 34.0. The van der Waals surface area contributed by atoms with Crippen molar-refractivity contribution in [2.45, 2.75) is 17.9 Å². The first-order valence-corrected chi connectivity index (χ1v) is 8.56. The van der Waals surface area contributed by atoms with Crippen LogP contribution in [0.2, 0.25) is 0 Å². The van der Waals surface area contributed by atoms with Crippen LogP contribution in [-0.2, 0) is 19.6 Å². The SMILES string of the molecule is CC(NC(=O)c1cccc(S(=O)(=O)N2CCNC(=O)C2)c1)C(=O)O. The van der Waals surface area contributed by atoms with Crippen LogP contribution in [0.3, 0.4) is 0 Å². The number of nitrogens with one attached hydrogen (secondary N) is 2. The third kappa shape index (κ3) is 3.89. The number of carbonyl (C=O) groups is 3. The van der Waals surface area contributed by atoms with Crippen LogP contribution >= 0.6 is 0 Å². The van der Waals surface area contributed by atoms with Gasteiger partial charge in [0, 0.05) is 18.7 Å². The molecule has 0 aromatic heterocycles. The molecule has 2 rings (SSSR count). The van der Waals surface area contributed by atoms with Gasteiger partial charge < -0.3 is 15.7 Å². The quantitative estimate of drug-likeness (QED) is 0.621. The minimum Gasteiger partial charge on any atom is -0.480 e. The Morgan fingerprint density at radius 1 is 1.38 bits per heavy atom. The van der Waals surface area contributed by atoms with Gasteiger partial charge in [0.05, 0.1) is 11.4 Å². The molecule has 24 heavy (non-hydrogen) atoms. The van der Waals surface area contributed by atoms with Gasteiger partial charge in [0.1, 0.15) is 6.04 Å². The van der Waals surface area contributed by atoms with Gasteiger partial charge >= 0.3 is 5.97 Å². The topological polar surface area (TPSA) is 133 Å². The number of hydrogen-bond acceptors (Lipinski definition) is 5. The summed E-state index contributed by atoms with van der Waals surface area (Å²) in [5.74, 6) is -2.29. The Morgan fingerprint density at radius 2 is 2.08 bits per heavy atom. The lowest BCUT2D eigenvalue weighted by atomic mass is 10.2. The van der Waals surface area contributed by atoms with Crippen LogP contribution in [0.5, 0.6) is 0 Å². The summed E-state index contributed by atoms with van der Waals surface area (Å²) in [6.45, 7) is 1.37. The molecule has 1 aromatic carbocycles. The number of aliphatic carboxylic acids is 1. The van der Waals surface area contributed by atoms with Crippen molar-refractivity contribution in [1.82, 2.24) is 14.9 Å². The lowest BCUT2D eigenvalue weighted by Crippen LogP contribution is -2.49. The fourth-order valence-corrected chi connectivity index (χ4v) is 3.55. The van der Waals surface area contributed by atoms with Crippen molar-refractivity contribution in [3.05, 3.63) is 29.8 Å². The molecule has 130 valence electrons. The maximum absolute atomic E-state index is 12.6. The molecule has 1 aromatic rings. The third-order valence-corrected chi connectivity index (χ3v) is 5.30. The lowest BCUT2D eigenvalue weighted by molar-refractivity contribution is -0.138. The largest absolute Gasteiger partial charge is 0.480 e. The molecular formula is C14H17N3O6S. The van der Waals surface area contributed by atoms with Crippen molar-refractivity contribution < 1.29 is 27.9 Å². The molecule has 1 heterocycles. The number of carbonyl (C=O) groups excluding carboxylic acids is 2. The average molecular weight is 355 g/mol. The van der Waals surface area contributed by atoms with E-state index in [1.54, 1.807) is 0 Å². The number of rotatable bonds is 5. The molecule has 1 aliphatic heterocycles. The summed E-state index contributed by atoms with van der Waals surface area (Å²) in [6, 6.07) is 4.14. The van der Waals surface area contributed by atoms with Gasteiger partial charge in [-0.3, -0.25) is 14.4 Å². The normalized spacial score (nSPS) is 17.0. The van der Waals surface area contributed by atoms with Crippen LogP contribution in [0.1, 0.15) is 17.3 Å². The summed E-state index contributed by atoms with van der Waals surface area (Å²) in [5, 5.41) is 13.6. The first-order valence-electron chi connectivity index (χ1n) is 7.12. The number of amides is 2. The molecule has 1 fully saturated rings. The van der Waals surface area contributed by atoms with Crippen molar-refractivity contribution >= 4 is 27.8 Å². The fourth-order valence-electron chi connectivity index (χ4n) is 2.11. The Morgan fingerprint density at radius 3 is 2.71 bits per heavy atom. The van der Waals surface area contributed by atoms with Gasteiger partial charge in [-0.1, -0.05) is 6.07 Å². The molecule has 10 heteroatoms. The van der Waals surface area contributed by atoms with Gasteiger partial charge in [-0.2, -0.15) is 4.31 Å². The van der Waals surface area contributed by atoms with Crippen LogP contribution in [0.25, 0.3) is 0 Å². The number of benzene rings is 1. The Kier molecular flexibility index (Phi) is 5.20. The number of hydrogen-bond donors (Lipinski definition) is 3. The molecule has 0 saturated carbocycles. The molecule has 1 aliphatic rings. The zero-order valence-corrected chi connectivity index (χ0v) is 13.7. The maximum atomic E-state index is 12.6. The second-order valence-electron chi connectivity index (χ2n) is 5.25. The molecule has 3 N–H and O–H groups in total. The fraction of sp³-hybridized carbons (Fsp3) is 0.357. The first kappa shape index (κ1) is 17.9. The predicted octanol–water partition coefficient (Wildman–Crippen LogP) is -0.990. The van der Waals surface area contributed by atoms with Crippen LogP contribution in [0.4, 0.5) is 0 Å². The van der Waals surface area contributed by atoms with E-state index in [2.05, 4.69) is 10.6 Å². The number of carboxylic acids is 1. The summed E-state index contributed by atoms with van der Waals surface area (Å²) in [6.07, 6.45) is 0. The summed E-state index contributed by atoms with van der Waals surface area (Å²) in [7, 11) is -3.92. The van der Waals surface area contributed by atoms with E-state index in [4.69, 9.17) is 5.11 Å². The van der Waals surface area contributed by atoms with Crippen LogP contribution in [0.15, 0.2) is 29.2 Å². The van der Waals surface area contributed by atoms with Gasteiger partial charge in [-0.05, 0) is 25.1 Å². The van der Waals surface area contributed by atoms with Crippen molar-refractivity contribution in [3.8, 4) is 0 Å². The zero-order valence-electron chi connectivity index (χ0n) is 12.9. The predicted molar refractivity (Wildman–Crippen MR) is 82.8 cm³/mol. The smallest absolute Gasteiger partial charge is 0.325 e. The van der Waals surface area contributed by atoms with E-state index in [1.165, 1.54) is 25.1 Å². The van der Waals surface area contributed by atoms with Crippen molar-refractivity contribution in [2.24, 2.45) is 0 Å². The van der Waals surface area contributed by atoms with Crippen molar-refractivity contribution in [2.75, 3.05) is 19.6 Å². The van der Waals surface area contributed by atoms with Gasteiger partial charge in [-0.25, -0.2) is 8.42 Å². The second-order valence-corrected chi connectivity index (χ2v) is 7.19. The highest BCUT2D eigenvalue weighted by Crippen LogP contribution is 2.18. The molecule has 1 saturated heterocycles. The zero-order chi connectivity index (χ0) is 17.9. The number of nitrogens with zero attached hydrogens (tertiary/aromatic N) is 1. The highest BCUT2D eigenvalue weighted by atomic mass is 32.2. The molecule has 9 nitrogen and oxygen atoms in total. The summed E-state index contributed by atoms with van der Waals surface area (Å²) < 4.78 is 26.1. The van der Waals surface area contributed by atoms with E-state index in [0.717, 1.165) is 10.4 Å². The maximum Gasteiger partial charge on any atom is 0.325 e. The number of piperazine rings is 1. The molecule has 0 spiro atoms. The van der Waals surface area contributed by atoms with E-state index >= 15 is 0 Å². The Hall–Kier alpha value is -2.46. The second kappa shape index (κ2) is 6.97. The first-order chi connectivity index (χ1) is 11.2. The third-order valence-electron chi connectivity index (χ3n) is 3.46. The standard InChI is InChI=1S/C14H17N3O6S/c1-9(14(20)21)16-13(19)10-3-2-4-11(7-10)24(22,23)17-6-5-15-12(18)8-17/h2-4,7,9H,5-6,8H2,1H3,(H,15,18)(H,16,19)(H,20,21). The molecule has 0 radical (unpaired) electrons. The minimum absolute atomic E-state index is 0.0191. The molecule has 0 aliphatic carbocycles. The van der Waals surface area contributed by atoms with Crippen LogP contribution < -0.4 is 10.6 Å². The van der Waals surface area contributed by atoms with Crippen LogP contribution in [-0.4, -0.2) is 61.3 Å². The molecular weight excluding hydrogens is 338 g/mol. The molecule has 2 amide bonds. The Bertz CT molecular complexity index is 776. The summed E-state index contributed by atoms with van der Waals surface area (Å²) in [5.41, 5.74) is 0.0191. The van der Waals surface area contributed by atoms with E-state index < -0.39 is 33.8 Å². The Labute approximate surface area is 138 Å². The molecule has 0 bridgehead atoms.